The molecule has 0 aliphatic rings. The van der Waals surface area contributed by atoms with Gasteiger partial charge in [-0.25, -0.2) is 0 Å². The van der Waals surface area contributed by atoms with Crippen molar-refractivity contribution in [1.82, 2.24) is 0 Å². The van der Waals surface area contributed by atoms with Gasteiger partial charge in [0.15, 0.2) is 13.1 Å². The van der Waals surface area contributed by atoms with Crippen molar-refractivity contribution >= 4 is 0 Å². The number of hydrogen-bond acceptors (Lipinski definition) is 4. The molecule has 0 unspecified atom stereocenters. The summed E-state index contributed by atoms with van der Waals surface area (Å²) >= 11 is 0. The zero-order chi connectivity index (χ0) is 26.2. The van der Waals surface area contributed by atoms with E-state index in [4.69, 9.17) is 18.9 Å². The van der Waals surface area contributed by atoms with E-state index in [0.29, 0.717) is 6.79 Å². The summed E-state index contributed by atoms with van der Waals surface area (Å²) in [6.45, 7) is 9.52. The van der Waals surface area contributed by atoms with Gasteiger partial charge in [-0.1, -0.05) is 117 Å². The Hall–Kier alpha value is -0.580. The molecule has 0 bridgehead atoms. The normalized spacial score (nSPS) is 11.8. The molecule has 0 radical (unpaired) electrons. The number of rotatable bonds is 31. The first-order chi connectivity index (χ1) is 17.8. The van der Waals surface area contributed by atoms with Crippen molar-refractivity contribution in [2.24, 2.45) is 0 Å². The summed E-state index contributed by atoms with van der Waals surface area (Å²) in [5.74, 6) is 0. The highest BCUT2D eigenvalue weighted by Gasteiger charge is 2.09. The molecule has 0 aromatic heterocycles. The number of allylic oxidation sites excluding steroid dienone is 1. The van der Waals surface area contributed by atoms with E-state index < -0.39 is 0 Å². The molecule has 0 aromatic carbocycles. The fourth-order valence-corrected chi connectivity index (χ4v) is 4.29. The van der Waals surface area contributed by atoms with Crippen LogP contribution in [0.2, 0.25) is 0 Å². The Balaban J connectivity index is 3.77. The molecule has 0 amide bonds. The Morgan fingerprint density at radius 1 is 0.500 bits per heavy atom. The van der Waals surface area contributed by atoms with E-state index in [1.165, 1.54) is 122 Å². The van der Waals surface area contributed by atoms with Crippen molar-refractivity contribution < 1.29 is 18.9 Å². The molecule has 0 spiro atoms. The topological polar surface area (TPSA) is 36.9 Å². The number of ether oxygens (including phenoxy) is 4. The molecule has 0 N–H and O–H groups in total. The van der Waals surface area contributed by atoms with Crippen molar-refractivity contribution in [3.8, 4) is 0 Å². The highest BCUT2D eigenvalue weighted by Crippen LogP contribution is 2.15. The van der Waals surface area contributed by atoms with Crippen LogP contribution < -0.4 is 0 Å². The molecule has 0 heterocycles. The molecule has 36 heavy (non-hydrogen) atoms. The van der Waals surface area contributed by atoms with E-state index in [-0.39, 0.29) is 6.29 Å². The zero-order valence-corrected chi connectivity index (χ0v) is 24.7. The Labute approximate surface area is 226 Å². The number of unbranched alkanes of at least 4 members (excludes halogenated alkanes) is 17. The molecular weight excluding hydrogens is 448 g/mol. The van der Waals surface area contributed by atoms with Crippen LogP contribution >= 0.6 is 0 Å². The van der Waals surface area contributed by atoms with Gasteiger partial charge in [0.25, 0.3) is 0 Å². The van der Waals surface area contributed by atoms with Crippen molar-refractivity contribution in [2.45, 2.75) is 168 Å². The molecule has 4 heteroatoms. The summed E-state index contributed by atoms with van der Waals surface area (Å²) < 4.78 is 22.9. The van der Waals surface area contributed by atoms with Crippen molar-refractivity contribution in [1.29, 1.82) is 0 Å². The van der Waals surface area contributed by atoms with Crippen LogP contribution in [0.4, 0.5) is 0 Å². The maximum absolute atomic E-state index is 6.17. The zero-order valence-electron chi connectivity index (χ0n) is 24.7. The van der Waals surface area contributed by atoms with Gasteiger partial charge in [0, 0.05) is 13.2 Å². The van der Waals surface area contributed by atoms with Gasteiger partial charge in [-0.05, 0) is 51.0 Å². The lowest BCUT2D eigenvalue weighted by Crippen LogP contribution is -2.19. The third kappa shape index (κ3) is 29.6. The first-order valence-electron chi connectivity index (χ1n) is 15.9. The summed E-state index contributed by atoms with van der Waals surface area (Å²) in [6, 6.07) is 0. The van der Waals surface area contributed by atoms with Crippen LogP contribution in [0.5, 0.6) is 0 Å². The molecule has 0 atom stereocenters. The van der Waals surface area contributed by atoms with E-state index in [1.807, 2.05) is 0 Å². The molecule has 0 saturated carbocycles. The minimum absolute atomic E-state index is 0.0117. The van der Waals surface area contributed by atoms with E-state index >= 15 is 0 Å². The SMILES string of the molecule is CCCCCCCCOC(CCCCCCCCCC=COCOCCC)OCCCCCCCC. The Kier molecular flexibility index (Phi) is 31.9. The Morgan fingerprint density at radius 2 is 1.00 bits per heavy atom. The van der Waals surface area contributed by atoms with Gasteiger partial charge in [0.1, 0.15) is 0 Å². The second kappa shape index (κ2) is 32.4. The molecular formula is C32H64O4. The molecule has 0 aromatic rings. The maximum Gasteiger partial charge on any atom is 0.188 e. The quantitative estimate of drug-likeness (QED) is 0.0526. The van der Waals surface area contributed by atoms with E-state index in [0.717, 1.165) is 39.1 Å². The third-order valence-corrected chi connectivity index (χ3v) is 6.61. The van der Waals surface area contributed by atoms with E-state index in [2.05, 4.69) is 26.8 Å². The predicted octanol–water partition coefficient (Wildman–Crippen LogP) is 10.5. The van der Waals surface area contributed by atoms with Crippen molar-refractivity contribution in [3.05, 3.63) is 12.3 Å². The van der Waals surface area contributed by atoms with Crippen LogP contribution in [-0.4, -0.2) is 32.9 Å². The summed E-state index contributed by atoms with van der Waals surface area (Å²) in [5.41, 5.74) is 0. The molecule has 0 aliphatic carbocycles. The van der Waals surface area contributed by atoms with Gasteiger partial charge in [-0.3, -0.25) is 0 Å². The summed E-state index contributed by atoms with van der Waals surface area (Å²) in [4.78, 5) is 0. The van der Waals surface area contributed by atoms with Gasteiger partial charge >= 0.3 is 0 Å². The standard InChI is InChI=1S/C32H64O4/c1-4-7-9-11-20-24-29-35-32(36-30-25-21-12-10-8-5-2)26-22-18-16-14-13-15-17-19-23-28-34-31-33-27-6-3/h23,28,32H,4-22,24-27,29-31H2,1-3H3. The summed E-state index contributed by atoms with van der Waals surface area (Å²) in [6.07, 6.45) is 31.9. The van der Waals surface area contributed by atoms with Crippen LogP contribution in [0, 0.1) is 0 Å². The second-order valence-electron chi connectivity index (χ2n) is 10.3. The van der Waals surface area contributed by atoms with Crippen LogP contribution in [-0.2, 0) is 18.9 Å². The predicted molar refractivity (Wildman–Crippen MR) is 155 cm³/mol. The van der Waals surface area contributed by atoms with Gasteiger partial charge in [0.05, 0.1) is 12.9 Å². The second-order valence-corrected chi connectivity index (χ2v) is 10.3. The first-order valence-corrected chi connectivity index (χ1v) is 15.9. The lowest BCUT2D eigenvalue weighted by molar-refractivity contribution is -0.148. The fraction of sp³-hybridized carbons (Fsp3) is 0.938. The molecule has 0 rings (SSSR count). The summed E-state index contributed by atoms with van der Waals surface area (Å²) in [5, 5.41) is 0. The smallest absolute Gasteiger partial charge is 0.188 e. The largest absolute Gasteiger partial charge is 0.475 e. The number of hydrogen-bond donors (Lipinski definition) is 0. The molecule has 4 nitrogen and oxygen atoms in total. The fourth-order valence-electron chi connectivity index (χ4n) is 4.29. The van der Waals surface area contributed by atoms with Crippen molar-refractivity contribution in [2.75, 3.05) is 26.6 Å². The summed E-state index contributed by atoms with van der Waals surface area (Å²) in [7, 11) is 0. The molecule has 0 aliphatic heterocycles. The lowest BCUT2D eigenvalue weighted by atomic mass is 10.1. The van der Waals surface area contributed by atoms with Crippen LogP contribution in [0.15, 0.2) is 12.3 Å². The Bertz CT molecular complexity index is 395. The van der Waals surface area contributed by atoms with Crippen molar-refractivity contribution in [3.63, 3.8) is 0 Å². The Morgan fingerprint density at radius 3 is 1.56 bits per heavy atom. The highest BCUT2D eigenvalue weighted by atomic mass is 16.7. The molecule has 0 fully saturated rings. The minimum Gasteiger partial charge on any atom is -0.475 e. The minimum atomic E-state index is 0.0117. The highest BCUT2D eigenvalue weighted by molar-refractivity contribution is 4.72. The van der Waals surface area contributed by atoms with Gasteiger partial charge < -0.3 is 18.9 Å². The van der Waals surface area contributed by atoms with E-state index in [9.17, 15) is 0 Å². The lowest BCUT2D eigenvalue weighted by Gasteiger charge is -2.19. The molecule has 216 valence electrons. The average molecular weight is 513 g/mol. The monoisotopic (exact) mass is 512 g/mol. The van der Waals surface area contributed by atoms with Crippen LogP contribution in [0.25, 0.3) is 0 Å². The first kappa shape index (κ1) is 35.4. The maximum atomic E-state index is 6.17. The molecule has 0 saturated heterocycles. The van der Waals surface area contributed by atoms with E-state index in [1.54, 1.807) is 6.26 Å². The van der Waals surface area contributed by atoms with Gasteiger partial charge in [-0.15, -0.1) is 0 Å². The van der Waals surface area contributed by atoms with Crippen LogP contribution in [0.1, 0.15) is 162 Å². The average Bonchev–Trinajstić information content (AvgIpc) is 2.89. The third-order valence-electron chi connectivity index (χ3n) is 6.61. The van der Waals surface area contributed by atoms with Gasteiger partial charge in [-0.2, -0.15) is 0 Å². The van der Waals surface area contributed by atoms with Gasteiger partial charge in [0.2, 0.25) is 0 Å². The van der Waals surface area contributed by atoms with Crippen LogP contribution in [0.3, 0.4) is 0 Å².